The van der Waals surface area contributed by atoms with Crippen molar-refractivity contribution in [1.29, 1.82) is 0 Å². The van der Waals surface area contributed by atoms with Gasteiger partial charge in [0.2, 0.25) is 5.91 Å². The van der Waals surface area contributed by atoms with Crippen molar-refractivity contribution in [2.45, 2.75) is 52.5 Å². The van der Waals surface area contributed by atoms with E-state index in [1.807, 2.05) is 29.2 Å². The van der Waals surface area contributed by atoms with E-state index in [0.717, 1.165) is 24.4 Å². The van der Waals surface area contributed by atoms with E-state index in [1.165, 1.54) is 0 Å². The van der Waals surface area contributed by atoms with Crippen molar-refractivity contribution in [3.8, 4) is 5.75 Å². The maximum absolute atomic E-state index is 13.4. The Labute approximate surface area is 150 Å². The minimum atomic E-state index is -0.112. The van der Waals surface area contributed by atoms with Crippen LogP contribution in [0.5, 0.6) is 5.75 Å². The Morgan fingerprint density at radius 1 is 1.16 bits per heavy atom. The number of hydrogen-bond donors (Lipinski definition) is 0. The predicted molar refractivity (Wildman–Crippen MR) is 97.6 cm³/mol. The van der Waals surface area contributed by atoms with Crippen LogP contribution >= 0.6 is 0 Å². The van der Waals surface area contributed by atoms with Crippen LogP contribution in [0.1, 0.15) is 33.3 Å². The zero-order chi connectivity index (χ0) is 18.0. The topological polar surface area (TPSA) is 42.0 Å². The molecule has 3 rings (SSSR count). The summed E-state index contributed by atoms with van der Waals surface area (Å²) in [6, 6.07) is 7.89. The van der Waals surface area contributed by atoms with Crippen molar-refractivity contribution in [3.05, 3.63) is 29.8 Å². The van der Waals surface area contributed by atoms with Gasteiger partial charge < -0.3 is 14.4 Å². The summed E-state index contributed by atoms with van der Waals surface area (Å²) in [4.78, 5) is 17.7. The van der Waals surface area contributed by atoms with Gasteiger partial charge in [-0.2, -0.15) is 0 Å². The second-order valence-corrected chi connectivity index (χ2v) is 7.62. The fourth-order valence-electron chi connectivity index (χ4n) is 4.01. The van der Waals surface area contributed by atoms with Crippen molar-refractivity contribution in [1.82, 2.24) is 9.80 Å². The van der Waals surface area contributed by atoms with Gasteiger partial charge in [-0.25, -0.2) is 0 Å². The SMILES string of the molecule is CC1CN(C(C(=O)N2CCOc3ccccc3C2)C(C)C)CC(C)O1. The van der Waals surface area contributed by atoms with Crippen LogP contribution in [-0.2, 0) is 16.1 Å². The maximum atomic E-state index is 13.4. The Morgan fingerprint density at radius 2 is 1.84 bits per heavy atom. The Bertz CT molecular complexity index is 594. The zero-order valence-electron chi connectivity index (χ0n) is 15.8. The summed E-state index contributed by atoms with van der Waals surface area (Å²) in [5.41, 5.74) is 1.08. The molecular weight excluding hydrogens is 316 g/mol. The predicted octanol–water partition coefficient (Wildman–Crippen LogP) is 2.54. The molecule has 2 aliphatic heterocycles. The molecule has 0 aliphatic carbocycles. The molecule has 138 valence electrons. The minimum absolute atomic E-state index is 0.112. The summed E-state index contributed by atoms with van der Waals surface area (Å²) in [6.45, 7) is 11.8. The third-order valence-corrected chi connectivity index (χ3v) is 4.99. The van der Waals surface area contributed by atoms with Crippen molar-refractivity contribution in [3.63, 3.8) is 0 Å². The Hall–Kier alpha value is -1.59. The first-order chi connectivity index (χ1) is 12.0. The highest BCUT2D eigenvalue weighted by Gasteiger charge is 2.36. The van der Waals surface area contributed by atoms with Gasteiger partial charge in [0.1, 0.15) is 12.4 Å². The molecule has 0 radical (unpaired) electrons. The molecule has 1 amide bonds. The smallest absolute Gasteiger partial charge is 0.240 e. The molecule has 0 bridgehead atoms. The van der Waals surface area contributed by atoms with Gasteiger partial charge in [-0.3, -0.25) is 9.69 Å². The summed E-state index contributed by atoms with van der Waals surface area (Å²) in [5, 5.41) is 0. The van der Waals surface area contributed by atoms with Crippen LogP contribution < -0.4 is 4.74 Å². The number of amides is 1. The largest absolute Gasteiger partial charge is 0.491 e. The molecule has 0 spiro atoms. The molecule has 5 heteroatoms. The standard InChI is InChI=1S/C20H30N2O3/c1-14(2)19(22-11-15(3)25-16(4)12-22)20(23)21-9-10-24-18-8-6-5-7-17(18)13-21/h5-8,14-16,19H,9-13H2,1-4H3. The van der Waals surface area contributed by atoms with Gasteiger partial charge in [0.15, 0.2) is 0 Å². The van der Waals surface area contributed by atoms with E-state index in [-0.39, 0.29) is 30.1 Å². The number of rotatable bonds is 3. The Morgan fingerprint density at radius 3 is 2.52 bits per heavy atom. The highest BCUT2D eigenvalue weighted by atomic mass is 16.5. The third kappa shape index (κ3) is 4.15. The molecular formula is C20H30N2O3. The van der Waals surface area contributed by atoms with E-state index in [4.69, 9.17) is 9.47 Å². The van der Waals surface area contributed by atoms with Gasteiger partial charge in [0.25, 0.3) is 0 Å². The molecule has 3 atom stereocenters. The zero-order valence-corrected chi connectivity index (χ0v) is 15.8. The number of carbonyl (C=O) groups excluding carboxylic acids is 1. The number of morpholine rings is 1. The van der Waals surface area contributed by atoms with Gasteiger partial charge in [-0.1, -0.05) is 32.0 Å². The summed E-state index contributed by atoms with van der Waals surface area (Å²) < 4.78 is 11.7. The number of fused-ring (bicyclic) bond motifs is 1. The number of benzene rings is 1. The Balaban J connectivity index is 1.79. The highest BCUT2D eigenvalue weighted by molar-refractivity contribution is 5.82. The number of nitrogens with zero attached hydrogens (tertiary/aromatic N) is 2. The summed E-state index contributed by atoms with van der Waals surface area (Å²) in [7, 11) is 0. The average Bonchev–Trinajstić information content (AvgIpc) is 2.76. The first-order valence-electron chi connectivity index (χ1n) is 9.34. The summed E-state index contributed by atoms with van der Waals surface area (Å²) >= 11 is 0. The summed E-state index contributed by atoms with van der Waals surface area (Å²) in [5.74, 6) is 1.36. The molecule has 1 aromatic carbocycles. The highest BCUT2D eigenvalue weighted by Crippen LogP contribution is 2.25. The van der Waals surface area contributed by atoms with Crippen LogP contribution in [0, 0.1) is 5.92 Å². The lowest BCUT2D eigenvalue weighted by Crippen LogP contribution is -2.57. The van der Waals surface area contributed by atoms with E-state index < -0.39 is 0 Å². The van der Waals surface area contributed by atoms with Crippen LogP contribution in [0.2, 0.25) is 0 Å². The molecule has 1 saturated heterocycles. The Kier molecular flexibility index (Phi) is 5.64. The molecule has 2 aliphatic rings. The van der Waals surface area contributed by atoms with Gasteiger partial charge >= 0.3 is 0 Å². The lowest BCUT2D eigenvalue weighted by molar-refractivity contribution is -0.146. The van der Waals surface area contributed by atoms with Gasteiger partial charge in [-0.05, 0) is 25.8 Å². The first kappa shape index (κ1) is 18.2. The monoisotopic (exact) mass is 346 g/mol. The minimum Gasteiger partial charge on any atom is -0.491 e. The molecule has 1 aromatic rings. The van der Waals surface area contributed by atoms with Crippen molar-refractivity contribution < 1.29 is 14.3 Å². The van der Waals surface area contributed by atoms with Crippen molar-refractivity contribution >= 4 is 5.91 Å². The van der Waals surface area contributed by atoms with Crippen molar-refractivity contribution in [2.75, 3.05) is 26.2 Å². The van der Waals surface area contributed by atoms with Crippen LogP contribution in [-0.4, -0.2) is 60.2 Å². The number of para-hydroxylation sites is 1. The third-order valence-electron chi connectivity index (χ3n) is 4.99. The van der Waals surface area contributed by atoms with Crippen molar-refractivity contribution in [2.24, 2.45) is 5.92 Å². The normalized spacial score (nSPS) is 25.9. The number of carbonyl (C=O) groups is 1. The second kappa shape index (κ2) is 7.75. The molecule has 2 heterocycles. The second-order valence-electron chi connectivity index (χ2n) is 7.62. The molecule has 0 saturated carbocycles. The first-order valence-corrected chi connectivity index (χ1v) is 9.34. The lowest BCUT2D eigenvalue weighted by Gasteiger charge is -2.42. The van der Waals surface area contributed by atoms with E-state index in [0.29, 0.717) is 19.7 Å². The van der Waals surface area contributed by atoms with Crippen LogP contribution in [0.3, 0.4) is 0 Å². The molecule has 0 N–H and O–H groups in total. The van der Waals surface area contributed by atoms with E-state index in [2.05, 4.69) is 32.6 Å². The van der Waals surface area contributed by atoms with Crippen LogP contribution in [0.4, 0.5) is 0 Å². The fraction of sp³-hybridized carbons (Fsp3) is 0.650. The lowest BCUT2D eigenvalue weighted by atomic mass is 9.98. The molecule has 3 unspecified atom stereocenters. The molecule has 0 aromatic heterocycles. The quantitative estimate of drug-likeness (QED) is 0.843. The van der Waals surface area contributed by atoms with Crippen LogP contribution in [0.15, 0.2) is 24.3 Å². The van der Waals surface area contributed by atoms with E-state index in [9.17, 15) is 4.79 Å². The van der Waals surface area contributed by atoms with Gasteiger partial charge in [0.05, 0.1) is 24.8 Å². The van der Waals surface area contributed by atoms with Gasteiger partial charge in [-0.15, -0.1) is 0 Å². The van der Waals surface area contributed by atoms with E-state index in [1.54, 1.807) is 0 Å². The van der Waals surface area contributed by atoms with E-state index >= 15 is 0 Å². The fourth-order valence-corrected chi connectivity index (χ4v) is 4.01. The van der Waals surface area contributed by atoms with Gasteiger partial charge in [0, 0.05) is 25.2 Å². The average molecular weight is 346 g/mol. The summed E-state index contributed by atoms with van der Waals surface area (Å²) in [6.07, 6.45) is 0.317. The van der Waals surface area contributed by atoms with Crippen LogP contribution in [0.25, 0.3) is 0 Å². The molecule has 5 nitrogen and oxygen atoms in total. The molecule has 1 fully saturated rings. The molecule has 25 heavy (non-hydrogen) atoms. The number of ether oxygens (including phenoxy) is 2. The number of hydrogen-bond acceptors (Lipinski definition) is 4. The maximum Gasteiger partial charge on any atom is 0.240 e.